The van der Waals surface area contributed by atoms with Crippen LogP contribution < -0.4 is 10.7 Å². The summed E-state index contributed by atoms with van der Waals surface area (Å²) < 4.78 is 47.0. The molecular formula is C28H44F2N6O6SSi. The zero-order valence-electron chi connectivity index (χ0n) is 26.9. The van der Waals surface area contributed by atoms with Crippen molar-refractivity contribution in [2.75, 3.05) is 13.7 Å². The van der Waals surface area contributed by atoms with Gasteiger partial charge in [0.15, 0.2) is 13.4 Å². The van der Waals surface area contributed by atoms with Crippen molar-refractivity contribution in [3.05, 3.63) is 48.1 Å². The number of ether oxygens (including phenoxy) is 2. The Balaban J connectivity index is 2.57. The van der Waals surface area contributed by atoms with E-state index in [1.54, 1.807) is 20.8 Å². The Morgan fingerprint density at radius 3 is 2.32 bits per heavy atom. The third-order valence-corrected chi connectivity index (χ3v) is 12.2. The number of esters is 1. The second-order valence-electron chi connectivity index (χ2n) is 12.9. The van der Waals surface area contributed by atoms with E-state index in [4.69, 9.17) is 26.1 Å². The van der Waals surface area contributed by atoms with Crippen LogP contribution in [-0.2, 0) is 30.8 Å². The predicted octanol–water partition coefficient (Wildman–Crippen LogP) is 4.01. The van der Waals surface area contributed by atoms with Gasteiger partial charge in [-0.05, 0) is 64.1 Å². The maximum absolute atomic E-state index is 15.3. The molecule has 3 N–H and O–H groups in total. The molecule has 1 aromatic heterocycles. The molecule has 0 spiro atoms. The van der Waals surface area contributed by atoms with E-state index in [-0.39, 0.29) is 28.9 Å². The highest BCUT2D eigenvalue weighted by Gasteiger charge is 2.45. The summed E-state index contributed by atoms with van der Waals surface area (Å²) in [7, 11) is -1.11. The van der Waals surface area contributed by atoms with Crippen LogP contribution in [0.5, 0.6) is 0 Å². The fourth-order valence-corrected chi connectivity index (χ4v) is 5.18. The molecule has 3 atom stereocenters. The normalized spacial score (nSPS) is 15.0. The molecule has 0 radical (unpaired) electrons. The van der Waals surface area contributed by atoms with Crippen molar-refractivity contribution in [1.82, 2.24) is 30.5 Å². The summed E-state index contributed by atoms with van der Waals surface area (Å²) in [5, 5.41) is 19.7. The number of amides is 1. The van der Waals surface area contributed by atoms with Crippen LogP contribution in [-0.4, -0.2) is 81.8 Å². The number of carbonyl (C=O) groups excluding carboxylic acids is 2. The molecule has 0 saturated carbocycles. The topological polar surface area (TPSA) is 140 Å². The third-order valence-electron chi connectivity index (χ3n) is 7.38. The van der Waals surface area contributed by atoms with Gasteiger partial charge >= 0.3 is 12.1 Å². The monoisotopic (exact) mass is 658 g/mol. The molecule has 1 aromatic carbocycles. The lowest BCUT2D eigenvalue weighted by Gasteiger charge is -2.42. The van der Waals surface area contributed by atoms with Gasteiger partial charge in [0.2, 0.25) is 0 Å². The molecule has 0 unspecified atom stereocenters. The van der Waals surface area contributed by atoms with Crippen molar-refractivity contribution in [3.63, 3.8) is 0 Å². The molecule has 0 fully saturated rings. The van der Waals surface area contributed by atoms with Crippen molar-refractivity contribution >= 4 is 37.7 Å². The molecule has 16 heteroatoms. The first-order valence-electron chi connectivity index (χ1n) is 13.9. The van der Waals surface area contributed by atoms with Gasteiger partial charge in [0.25, 0.3) is 0 Å². The number of thiocarbonyl (C=S) groups is 1. The molecule has 246 valence electrons. The van der Waals surface area contributed by atoms with E-state index in [2.05, 4.69) is 20.8 Å². The summed E-state index contributed by atoms with van der Waals surface area (Å²) >= 11 is 5.65. The first-order valence-corrected chi connectivity index (χ1v) is 17.2. The van der Waals surface area contributed by atoms with Gasteiger partial charge in [-0.25, -0.2) is 33.5 Å². The molecule has 1 heterocycles. The summed E-state index contributed by atoms with van der Waals surface area (Å²) in [6, 6.07) is 0.291. The Bertz CT molecular complexity index is 1300. The standard InChI is InChI=1S/C28H44F2N6O6SSi/c1-18(28(39,15-35-17-31-16-32-35)20-12-11-19(29)13-21(20)30)36(34-25(38)42-26(2,3)4)24(43)33-22(23(37)40-8)14-41-44(9,10)27(5,6)7/h11-13,16-18,22,39H,14-15H2,1-10H3,(H,33,43)(H,34,38)/t18-,22+,28-/m1/s1. The van der Waals surface area contributed by atoms with E-state index in [0.717, 1.165) is 17.1 Å². The number of rotatable bonds is 10. The lowest BCUT2D eigenvalue weighted by atomic mass is 9.86. The maximum Gasteiger partial charge on any atom is 0.426 e. The molecule has 0 aliphatic carbocycles. The van der Waals surface area contributed by atoms with E-state index in [0.29, 0.717) is 6.07 Å². The van der Waals surface area contributed by atoms with Crippen LogP contribution in [0.3, 0.4) is 0 Å². The minimum atomic E-state index is -2.32. The SMILES string of the molecule is COC(=O)[C@H](CO[Si](C)(C)C(C)(C)C)NC(=S)N(NC(=O)OC(C)(C)C)[C@H](C)[C@](O)(Cn1cncn1)c1ccc(F)cc1F. The molecule has 0 saturated heterocycles. The first kappa shape index (κ1) is 37.0. The largest absolute Gasteiger partial charge is 0.467 e. The fourth-order valence-electron chi connectivity index (χ4n) is 3.82. The van der Waals surface area contributed by atoms with Crippen molar-refractivity contribution in [1.29, 1.82) is 0 Å². The van der Waals surface area contributed by atoms with Gasteiger partial charge in [-0.3, -0.25) is 5.01 Å². The number of hydrogen-bond donors (Lipinski definition) is 3. The number of carbonyl (C=O) groups is 2. The van der Waals surface area contributed by atoms with Crippen LogP contribution in [0.25, 0.3) is 0 Å². The van der Waals surface area contributed by atoms with Gasteiger partial charge in [-0.2, -0.15) is 5.10 Å². The number of nitrogens with one attached hydrogen (secondary N) is 2. The molecule has 1 amide bonds. The van der Waals surface area contributed by atoms with E-state index < -0.39 is 55.3 Å². The second-order valence-corrected chi connectivity index (χ2v) is 18.1. The molecule has 0 aliphatic heterocycles. The van der Waals surface area contributed by atoms with Gasteiger partial charge in [0.1, 0.15) is 41.5 Å². The van der Waals surface area contributed by atoms with Gasteiger partial charge in [-0.15, -0.1) is 0 Å². The van der Waals surface area contributed by atoms with Crippen molar-refractivity contribution in [2.45, 2.75) is 96.4 Å². The van der Waals surface area contributed by atoms with Gasteiger partial charge in [-0.1, -0.05) is 26.8 Å². The highest BCUT2D eigenvalue weighted by atomic mass is 32.1. The number of nitrogens with zero attached hydrogens (tertiary/aromatic N) is 4. The highest BCUT2D eigenvalue weighted by Crippen LogP contribution is 2.37. The van der Waals surface area contributed by atoms with Crippen molar-refractivity contribution in [2.24, 2.45) is 0 Å². The predicted molar refractivity (Wildman–Crippen MR) is 166 cm³/mol. The van der Waals surface area contributed by atoms with Crippen LogP contribution >= 0.6 is 12.2 Å². The Hall–Kier alpha value is -3.21. The Labute approximate surface area is 263 Å². The average molecular weight is 659 g/mol. The third kappa shape index (κ3) is 9.64. The van der Waals surface area contributed by atoms with E-state index in [1.165, 1.54) is 31.4 Å². The number of hydrazine groups is 1. The summed E-state index contributed by atoms with van der Waals surface area (Å²) in [6.07, 6.45) is 1.56. The van der Waals surface area contributed by atoms with Crippen LogP contribution in [0.1, 0.15) is 54.0 Å². The van der Waals surface area contributed by atoms with Crippen LogP contribution in [0, 0.1) is 11.6 Å². The zero-order valence-corrected chi connectivity index (χ0v) is 28.7. The van der Waals surface area contributed by atoms with Gasteiger partial charge < -0.3 is 24.3 Å². The number of hydrogen-bond acceptors (Lipinski definition) is 9. The van der Waals surface area contributed by atoms with Crippen molar-refractivity contribution in [3.8, 4) is 0 Å². The molecule has 2 aromatic rings. The molecule has 0 aliphatic rings. The second kappa shape index (κ2) is 14.3. The van der Waals surface area contributed by atoms with E-state index in [1.807, 2.05) is 33.9 Å². The summed E-state index contributed by atoms with van der Waals surface area (Å²) in [5.74, 6) is -2.60. The Morgan fingerprint density at radius 1 is 1.18 bits per heavy atom. The Morgan fingerprint density at radius 2 is 1.82 bits per heavy atom. The minimum absolute atomic E-state index is 0.117. The van der Waals surface area contributed by atoms with Crippen molar-refractivity contribution < 1.29 is 37.4 Å². The lowest BCUT2D eigenvalue weighted by molar-refractivity contribution is -0.143. The highest BCUT2D eigenvalue weighted by molar-refractivity contribution is 7.80. The Kier molecular flexibility index (Phi) is 12.0. The van der Waals surface area contributed by atoms with Gasteiger partial charge in [0.05, 0.1) is 26.3 Å². The first-order chi connectivity index (χ1) is 20.1. The lowest BCUT2D eigenvalue weighted by Crippen LogP contribution is -2.64. The summed E-state index contributed by atoms with van der Waals surface area (Å²) in [5.41, 5.74) is -0.948. The zero-order chi connectivity index (χ0) is 33.7. The number of halogens is 2. The number of benzene rings is 1. The molecule has 0 bridgehead atoms. The van der Waals surface area contributed by atoms with Gasteiger partial charge in [0, 0.05) is 11.6 Å². The average Bonchev–Trinajstić information content (AvgIpc) is 3.39. The van der Waals surface area contributed by atoms with E-state index in [9.17, 15) is 19.1 Å². The molecule has 12 nitrogen and oxygen atoms in total. The number of aliphatic hydroxyl groups is 1. The summed E-state index contributed by atoms with van der Waals surface area (Å²) in [6.45, 7) is 16.1. The van der Waals surface area contributed by atoms with Crippen LogP contribution in [0.4, 0.5) is 13.6 Å². The van der Waals surface area contributed by atoms with E-state index >= 15 is 4.39 Å². The minimum Gasteiger partial charge on any atom is -0.467 e. The van der Waals surface area contributed by atoms with Crippen LogP contribution in [0.2, 0.25) is 18.1 Å². The maximum atomic E-state index is 15.3. The van der Waals surface area contributed by atoms with Crippen LogP contribution in [0.15, 0.2) is 30.9 Å². The fraction of sp³-hybridized carbons (Fsp3) is 0.607. The number of aromatic nitrogens is 3. The quantitative estimate of drug-likeness (QED) is 0.148. The smallest absolute Gasteiger partial charge is 0.426 e. The molecular weight excluding hydrogens is 614 g/mol. The molecule has 2 rings (SSSR count). The number of methoxy groups -OCH3 is 1. The molecule has 44 heavy (non-hydrogen) atoms. The summed E-state index contributed by atoms with van der Waals surface area (Å²) in [4.78, 5) is 29.7.